The third kappa shape index (κ3) is 4.62. The van der Waals surface area contributed by atoms with Gasteiger partial charge in [-0.2, -0.15) is 8.42 Å². The van der Waals surface area contributed by atoms with Crippen molar-refractivity contribution in [1.82, 2.24) is 0 Å². The van der Waals surface area contributed by atoms with Crippen molar-refractivity contribution in [3.63, 3.8) is 0 Å². The summed E-state index contributed by atoms with van der Waals surface area (Å²) in [5, 5.41) is 8.57. The molecule has 0 aliphatic carbocycles. The van der Waals surface area contributed by atoms with Crippen LogP contribution in [-0.4, -0.2) is 38.8 Å². The van der Waals surface area contributed by atoms with E-state index in [9.17, 15) is 13.2 Å². The van der Waals surface area contributed by atoms with E-state index in [1.165, 1.54) is 13.0 Å². The molecule has 0 saturated carbocycles. The van der Waals surface area contributed by atoms with Crippen molar-refractivity contribution in [2.24, 2.45) is 0 Å². The Morgan fingerprint density at radius 1 is 1.32 bits per heavy atom. The first-order chi connectivity index (χ1) is 8.84. The Kier molecular flexibility index (Phi) is 5.46. The summed E-state index contributed by atoms with van der Waals surface area (Å²) in [6.45, 7) is 2.68. The second-order valence-corrected chi connectivity index (χ2v) is 5.48. The van der Waals surface area contributed by atoms with Crippen LogP contribution in [0.25, 0.3) is 0 Å². The van der Waals surface area contributed by atoms with Crippen molar-refractivity contribution < 1.29 is 27.2 Å². The number of rotatable bonds is 7. The van der Waals surface area contributed by atoms with Gasteiger partial charge in [0.2, 0.25) is 0 Å². The highest BCUT2D eigenvalue weighted by molar-refractivity contribution is 7.86. The largest absolute Gasteiger partial charge is 0.479 e. The highest BCUT2D eigenvalue weighted by atomic mass is 32.2. The van der Waals surface area contributed by atoms with Crippen LogP contribution in [0.4, 0.5) is 0 Å². The normalized spacial score (nSPS) is 13.2. The predicted octanol–water partition coefficient (Wildman–Crippen LogP) is 1.19. The molecule has 1 aromatic rings. The van der Waals surface area contributed by atoms with Crippen molar-refractivity contribution in [2.75, 3.05) is 13.2 Å². The SMILES string of the molecule is Cc1ccccc1S(=O)(=O)OCCOC(C)C(=O)O. The molecule has 106 valence electrons. The van der Waals surface area contributed by atoms with E-state index in [4.69, 9.17) is 14.0 Å². The van der Waals surface area contributed by atoms with Gasteiger partial charge in [-0.15, -0.1) is 0 Å². The first kappa shape index (κ1) is 15.6. The maximum absolute atomic E-state index is 11.8. The maximum Gasteiger partial charge on any atom is 0.332 e. The monoisotopic (exact) mass is 288 g/mol. The van der Waals surface area contributed by atoms with Gasteiger partial charge in [0, 0.05) is 0 Å². The minimum Gasteiger partial charge on any atom is -0.479 e. The number of aliphatic carboxylic acids is 1. The Hall–Kier alpha value is -1.44. The second kappa shape index (κ2) is 6.65. The predicted molar refractivity (Wildman–Crippen MR) is 67.4 cm³/mol. The molecule has 7 heteroatoms. The van der Waals surface area contributed by atoms with Gasteiger partial charge in [-0.25, -0.2) is 4.79 Å². The summed E-state index contributed by atoms with van der Waals surface area (Å²) in [7, 11) is -3.84. The van der Waals surface area contributed by atoms with E-state index in [0.717, 1.165) is 0 Å². The second-order valence-electron chi connectivity index (χ2n) is 3.89. The van der Waals surface area contributed by atoms with Gasteiger partial charge in [0.1, 0.15) is 0 Å². The van der Waals surface area contributed by atoms with Gasteiger partial charge >= 0.3 is 5.97 Å². The van der Waals surface area contributed by atoms with Crippen LogP contribution in [0.15, 0.2) is 29.2 Å². The van der Waals surface area contributed by atoms with E-state index in [-0.39, 0.29) is 18.1 Å². The van der Waals surface area contributed by atoms with E-state index in [0.29, 0.717) is 5.56 Å². The minimum absolute atomic E-state index is 0.0984. The lowest BCUT2D eigenvalue weighted by Gasteiger charge is -2.10. The lowest BCUT2D eigenvalue weighted by atomic mass is 10.2. The summed E-state index contributed by atoms with van der Waals surface area (Å²) in [6.07, 6.45) is -0.996. The number of aryl methyl sites for hydroxylation is 1. The van der Waals surface area contributed by atoms with Crippen LogP contribution in [0, 0.1) is 6.92 Å². The van der Waals surface area contributed by atoms with E-state index in [1.54, 1.807) is 25.1 Å². The van der Waals surface area contributed by atoms with Crippen LogP contribution in [0.3, 0.4) is 0 Å². The molecule has 1 unspecified atom stereocenters. The number of carboxylic acids is 1. The van der Waals surface area contributed by atoms with Gasteiger partial charge in [0.05, 0.1) is 18.1 Å². The van der Waals surface area contributed by atoms with Gasteiger partial charge in [0.25, 0.3) is 10.1 Å². The van der Waals surface area contributed by atoms with E-state index >= 15 is 0 Å². The van der Waals surface area contributed by atoms with Crippen molar-refractivity contribution in [2.45, 2.75) is 24.8 Å². The van der Waals surface area contributed by atoms with Crippen LogP contribution in [-0.2, 0) is 23.8 Å². The summed E-state index contributed by atoms with van der Waals surface area (Å²) in [4.78, 5) is 10.6. The van der Waals surface area contributed by atoms with Crippen molar-refractivity contribution >= 4 is 16.1 Å². The molecule has 1 rings (SSSR count). The number of ether oxygens (including phenoxy) is 1. The van der Waals surface area contributed by atoms with E-state index in [1.807, 2.05) is 0 Å². The number of hydrogen-bond acceptors (Lipinski definition) is 5. The number of carboxylic acid groups (broad SMARTS) is 1. The van der Waals surface area contributed by atoms with Crippen molar-refractivity contribution in [3.05, 3.63) is 29.8 Å². The Balaban J connectivity index is 2.53. The Bertz CT molecular complexity index is 537. The van der Waals surface area contributed by atoms with E-state index < -0.39 is 22.2 Å². The smallest absolute Gasteiger partial charge is 0.332 e. The number of hydrogen-bond donors (Lipinski definition) is 1. The number of benzene rings is 1. The molecule has 0 aliphatic heterocycles. The maximum atomic E-state index is 11.8. The lowest BCUT2D eigenvalue weighted by Crippen LogP contribution is -2.22. The molecule has 0 amide bonds. The fourth-order valence-electron chi connectivity index (χ4n) is 1.34. The third-order valence-electron chi connectivity index (χ3n) is 2.40. The lowest BCUT2D eigenvalue weighted by molar-refractivity contribution is -0.149. The zero-order valence-electron chi connectivity index (χ0n) is 10.7. The van der Waals surface area contributed by atoms with Crippen LogP contribution in [0.1, 0.15) is 12.5 Å². The summed E-state index contributed by atoms with van der Waals surface area (Å²) in [6, 6.07) is 6.45. The summed E-state index contributed by atoms with van der Waals surface area (Å²) in [5.74, 6) is -1.11. The average Bonchev–Trinajstić information content (AvgIpc) is 2.34. The highest BCUT2D eigenvalue weighted by Gasteiger charge is 2.17. The molecule has 19 heavy (non-hydrogen) atoms. The fraction of sp³-hybridized carbons (Fsp3) is 0.417. The molecule has 0 aliphatic rings. The quantitative estimate of drug-likeness (QED) is 0.598. The molecule has 1 aromatic carbocycles. The summed E-state index contributed by atoms with van der Waals surface area (Å²) in [5.41, 5.74) is 0.585. The van der Waals surface area contributed by atoms with Gasteiger partial charge in [-0.05, 0) is 25.5 Å². The van der Waals surface area contributed by atoms with Crippen LogP contribution < -0.4 is 0 Å². The zero-order chi connectivity index (χ0) is 14.5. The molecule has 0 fully saturated rings. The standard InChI is InChI=1S/C12H16O6S/c1-9-5-3-4-6-11(9)19(15,16)18-8-7-17-10(2)12(13)14/h3-6,10H,7-8H2,1-2H3,(H,13,14). The first-order valence-corrected chi connectivity index (χ1v) is 7.05. The third-order valence-corrected chi connectivity index (χ3v) is 3.87. The average molecular weight is 288 g/mol. The Morgan fingerprint density at radius 2 is 1.95 bits per heavy atom. The molecule has 6 nitrogen and oxygen atoms in total. The van der Waals surface area contributed by atoms with Crippen LogP contribution >= 0.6 is 0 Å². The Morgan fingerprint density at radius 3 is 2.53 bits per heavy atom. The van der Waals surface area contributed by atoms with E-state index in [2.05, 4.69) is 0 Å². The van der Waals surface area contributed by atoms with Gasteiger partial charge in [0.15, 0.2) is 6.10 Å². The molecule has 0 spiro atoms. The molecule has 0 heterocycles. The Labute approximate surface area is 112 Å². The number of carbonyl (C=O) groups is 1. The summed E-state index contributed by atoms with van der Waals surface area (Å²) < 4.78 is 33.3. The van der Waals surface area contributed by atoms with Gasteiger partial charge in [-0.1, -0.05) is 18.2 Å². The highest BCUT2D eigenvalue weighted by Crippen LogP contribution is 2.16. The molecule has 0 radical (unpaired) electrons. The molecule has 1 N–H and O–H groups in total. The van der Waals surface area contributed by atoms with Gasteiger partial charge in [-0.3, -0.25) is 4.18 Å². The van der Waals surface area contributed by atoms with Gasteiger partial charge < -0.3 is 9.84 Å². The molecular formula is C12H16O6S. The topological polar surface area (TPSA) is 89.9 Å². The summed E-state index contributed by atoms with van der Waals surface area (Å²) >= 11 is 0. The molecular weight excluding hydrogens is 272 g/mol. The van der Waals surface area contributed by atoms with Crippen molar-refractivity contribution in [1.29, 1.82) is 0 Å². The zero-order valence-corrected chi connectivity index (χ0v) is 11.5. The van der Waals surface area contributed by atoms with Crippen LogP contribution in [0.5, 0.6) is 0 Å². The first-order valence-electron chi connectivity index (χ1n) is 5.64. The molecule has 0 bridgehead atoms. The molecule has 0 aromatic heterocycles. The van der Waals surface area contributed by atoms with Crippen LogP contribution in [0.2, 0.25) is 0 Å². The molecule has 0 saturated heterocycles. The fourth-order valence-corrected chi connectivity index (χ4v) is 2.46. The van der Waals surface area contributed by atoms with Crippen molar-refractivity contribution in [3.8, 4) is 0 Å². The molecule has 1 atom stereocenters. The minimum atomic E-state index is -3.84.